The SMILES string of the molecule is COc1cc(/C=C2\SC(=O)N(CC(=O)Nc3cc(C)ccc3C)C2=O)c(Br)cc1O. The van der Waals surface area contributed by atoms with E-state index in [4.69, 9.17) is 4.74 Å². The molecular weight excluding hydrogens is 472 g/mol. The second-order valence-corrected chi connectivity index (χ2v) is 8.53. The molecule has 2 aromatic carbocycles. The maximum atomic E-state index is 12.7. The van der Waals surface area contributed by atoms with Gasteiger partial charge in [-0.3, -0.25) is 19.3 Å². The second kappa shape index (κ2) is 8.93. The number of hydrogen-bond acceptors (Lipinski definition) is 6. The van der Waals surface area contributed by atoms with Gasteiger partial charge in [0, 0.05) is 10.2 Å². The van der Waals surface area contributed by atoms with Crippen LogP contribution in [0.5, 0.6) is 11.5 Å². The first-order chi connectivity index (χ1) is 14.2. The summed E-state index contributed by atoms with van der Waals surface area (Å²) < 4.78 is 5.61. The third-order valence-corrected chi connectivity index (χ3v) is 6.02. The third kappa shape index (κ3) is 4.68. The van der Waals surface area contributed by atoms with Crippen molar-refractivity contribution in [3.63, 3.8) is 0 Å². The van der Waals surface area contributed by atoms with E-state index in [0.717, 1.165) is 27.8 Å². The Morgan fingerprint density at radius 1 is 1.27 bits per heavy atom. The first-order valence-corrected chi connectivity index (χ1v) is 10.5. The fourth-order valence-electron chi connectivity index (χ4n) is 2.81. The van der Waals surface area contributed by atoms with Gasteiger partial charge in [-0.15, -0.1) is 0 Å². The number of imide groups is 1. The number of ether oxygens (including phenoxy) is 1. The van der Waals surface area contributed by atoms with Crippen molar-refractivity contribution in [1.82, 2.24) is 4.90 Å². The number of hydrogen-bond donors (Lipinski definition) is 2. The molecule has 0 unspecified atom stereocenters. The van der Waals surface area contributed by atoms with E-state index in [1.54, 1.807) is 6.07 Å². The first kappa shape index (κ1) is 21.9. The van der Waals surface area contributed by atoms with Crippen LogP contribution < -0.4 is 10.1 Å². The Hall–Kier alpha value is -2.78. The molecule has 1 aliphatic heterocycles. The van der Waals surface area contributed by atoms with Crippen molar-refractivity contribution >= 4 is 56.5 Å². The number of aromatic hydroxyl groups is 1. The van der Waals surface area contributed by atoms with Gasteiger partial charge in [0.05, 0.1) is 12.0 Å². The number of methoxy groups -OCH3 is 1. The molecule has 1 aliphatic rings. The van der Waals surface area contributed by atoms with Crippen LogP contribution >= 0.6 is 27.7 Å². The Bertz CT molecular complexity index is 1080. The quantitative estimate of drug-likeness (QED) is 0.600. The number of carbonyl (C=O) groups excluding carboxylic acids is 3. The van der Waals surface area contributed by atoms with Crippen LogP contribution in [0, 0.1) is 13.8 Å². The molecule has 0 radical (unpaired) electrons. The molecule has 0 bridgehead atoms. The third-order valence-electron chi connectivity index (χ3n) is 4.43. The van der Waals surface area contributed by atoms with E-state index in [-0.39, 0.29) is 22.9 Å². The van der Waals surface area contributed by atoms with Crippen LogP contribution in [0.3, 0.4) is 0 Å². The van der Waals surface area contributed by atoms with Crippen molar-refractivity contribution in [1.29, 1.82) is 0 Å². The lowest BCUT2D eigenvalue weighted by Crippen LogP contribution is -2.36. The molecule has 1 heterocycles. The Morgan fingerprint density at radius 2 is 2.00 bits per heavy atom. The summed E-state index contributed by atoms with van der Waals surface area (Å²) in [5, 5.41) is 12.0. The zero-order valence-corrected chi connectivity index (χ0v) is 18.9. The highest BCUT2D eigenvalue weighted by atomic mass is 79.9. The van der Waals surface area contributed by atoms with Crippen molar-refractivity contribution in [2.75, 3.05) is 19.0 Å². The monoisotopic (exact) mass is 490 g/mol. The number of nitrogens with one attached hydrogen (secondary N) is 1. The van der Waals surface area contributed by atoms with Gasteiger partial charge >= 0.3 is 0 Å². The van der Waals surface area contributed by atoms with E-state index in [2.05, 4.69) is 21.2 Å². The van der Waals surface area contributed by atoms with E-state index < -0.39 is 17.1 Å². The molecule has 2 N–H and O–H groups in total. The topological polar surface area (TPSA) is 95.9 Å². The van der Waals surface area contributed by atoms with Gasteiger partial charge < -0.3 is 15.2 Å². The highest BCUT2D eigenvalue weighted by Gasteiger charge is 2.36. The predicted molar refractivity (Wildman–Crippen MR) is 120 cm³/mol. The summed E-state index contributed by atoms with van der Waals surface area (Å²) >= 11 is 4.07. The molecule has 0 spiro atoms. The van der Waals surface area contributed by atoms with E-state index in [1.807, 2.05) is 32.0 Å². The molecule has 3 rings (SSSR count). The van der Waals surface area contributed by atoms with Crippen molar-refractivity contribution in [3.8, 4) is 11.5 Å². The van der Waals surface area contributed by atoms with Gasteiger partial charge in [-0.25, -0.2) is 0 Å². The summed E-state index contributed by atoms with van der Waals surface area (Å²) in [5.41, 5.74) is 3.06. The van der Waals surface area contributed by atoms with Gasteiger partial charge in [0.1, 0.15) is 6.54 Å². The highest BCUT2D eigenvalue weighted by molar-refractivity contribution is 9.10. The molecule has 2 aromatic rings. The molecule has 0 atom stereocenters. The number of aryl methyl sites for hydroxylation is 2. The Balaban J connectivity index is 1.77. The molecule has 9 heteroatoms. The standard InChI is InChI=1S/C21H19BrN2O5S/c1-11-4-5-12(2)15(6-11)23-19(26)10-24-20(27)18(30-21(24)28)8-13-7-17(29-3)16(25)9-14(13)22/h4-9,25H,10H2,1-3H3,(H,23,26)/b18-8-. The van der Waals surface area contributed by atoms with E-state index in [0.29, 0.717) is 15.7 Å². The zero-order chi connectivity index (χ0) is 22.0. The van der Waals surface area contributed by atoms with Crippen LogP contribution in [0.25, 0.3) is 6.08 Å². The molecule has 3 amide bonds. The normalized spacial score (nSPS) is 15.1. The molecule has 1 fully saturated rings. The summed E-state index contributed by atoms with van der Waals surface area (Å²) in [7, 11) is 1.41. The average molecular weight is 491 g/mol. The fourth-order valence-corrected chi connectivity index (χ4v) is 4.09. The summed E-state index contributed by atoms with van der Waals surface area (Å²) in [6, 6.07) is 8.63. The van der Waals surface area contributed by atoms with Crippen LogP contribution in [0.4, 0.5) is 10.5 Å². The number of phenolic OH excluding ortho intramolecular Hbond substituents is 1. The van der Waals surface area contributed by atoms with Gasteiger partial charge in [0.15, 0.2) is 11.5 Å². The number of nitrogens with zero attached hydrogens (tertiary/aromatic N) is 1. The largest absolute Gasteiger partial charge is 0.504 e. The number of thioether (sulfide) groups is 1. The minimum atomic E-state index is -0.556. The van der Waals surface area contributed by atoms with Gasteiger partial charge in [-0.1, -0.05) is 28.1 Å². The van der Waals surface area contributed by atoms with E-state index >= 15 is 0 Å². The lowest BCUT2D eigenvalue weighted by atomic mass is 10.1. The van der Waals surface area contributed by atoms with Crippen LogP contribution in [0.15, 0.2) is 39.7 Å². The minimum Gasteiger partial charge on any atom is -0.504 e. The lowest BCUT2D eigenvalue weighted by Gasteiger charge is -2.14. The molecule has 1 saturated heterocycles. The van der Waals surface area contributed by atoms with Gasteiger partial charge in [0.25, 0.3) is 11.1 Å². The first-order valence-electron chi connectivity index (χ1n) is 8.88. The number of amides is 3. The number of rotatable bonds is 5. The summed E-state index contributed by atoms with van der Waals surface area (Å²) in [6.07, 6.45) is 1.51. The molecule has 30 heavy (non-hydrogen) atoms. The number of anilines is 1. The second-order valence-electron chi connectivity index (χ2n) is 6.68. The number of benzene rings is 2. The van der Waals surface area contributed by atoms with Crippen molar-refractivity contribution in [2.45, 2.75) is 13.8 Å². The molecular formula is C21H19BrN2O5S. The van der Waals surface area contributed by atoms with Crippen LogP contribution in [0.2, 0.25) is 0 Å². The number of carbonyl (C=O) groups is 3. The van der Waals surface area contributed by atoms with Crippen LogP contribution in [-0.4, -0.2) is 40.7 Å². The molecule has 7 nitrogen and oxygen atoms in total. The highest BCUT2D eigenvalue weighted by Crippen LogP contribution is 2.37. The lowest BCUT2D eigenvalue weighted by molar-refractivity contribution is -0.127. The van der Waals surface area contributed by atoms with Gasteiger partial charge in [-0.05, 0) is 66.6 Å². The number of phenols is 1. The zero-order valence-electron chi connectivity index (χ0n) is 16.5. The van der Waals surface area contributed by atoms with E-state index in [1.165, 1.54) is 19.3 Å². The van der Waals surface area contributed by atoms with E-state index in [9.17, 15) is 19.5 Å². The van der Waals surface area contributed by atoms with Gasteiger partial charge in [0.2, 0.25) is 5.91 Å². The molecule has 0 aromatic heterocycles. The Morgan fingerprint density at radius 3 is 2.70 bits per heavy atom. The minimum absolute atomic E-state index is 0.0576. The summed E-state index contributed by atoms with van der Waals surface area (Å²) in [6.45, 7) is 3.39. The van der Waals surface area contributed by atoms with Gasteiger partial charge in [-0.2, -0.15) is 0 Å². The van der Waals surface area contributed by atoms with Crippen molar-refractivity contribution in [2.24, 2.45) is 0 Å². The Labute approximate surface area is 186 Å². The Kier molecular flexibility index (Phi) is 6.52. The molecule has 156 valence electrons. The maximum Gasteiger partial charge on any atom is 0.294 e. The van der Waals surface area contributed by atoms with Crippen molar-refractivity contribution in [3.05, 3.63) is 56.4 Å². The van der Waals surface area contributed by atoms with Crippen LogP contribution in [-0.2, 0) is 9.59 Å². The smallest absolute Gasteiger partial charge is 0.294 e. The predicted octanol–water partition coefficient (Wildman–Crippen LogP) is 4.46. The summed E-state index contributed by atoms with van der Waals surface area (Å²) in [5.74, 6) is -0.839. The maximum absolute atomic E-state index is 12.7. The van der Waals surface area contributed by atoms with Crippen molar-refractivity contribution < 1.29 is 24.2 Å². The number of halogens is 1. The molecule has 0 saturated carbocycles. The fraction of sp³-hybridized carbons (Fsp3) is 0.190. The average Bonchev–Trinajstić information content (AvgIpc) is 2.94. The van der Waals surface area contributed by atoms with Crippen LogP contribution in [0.1, 0.15) is 16.7 Å². The summed E-state index contributed by atoms with van der Waals surface area (Å²) in [4.78, 5) is 38.5. The molecule has 0 aliphatic carbocycles.